The summed E-state index contributed by atoms with van der Waals surface area (Å²) in [5, 5.41) is 10.2. The molecule has 2 amide bonds. The molecule has 0 aromatic heterocycles. The molecule has 0 aromatic carbocycles. The summed E-state index contributed by atoms with van der Waals surface area (Å²) in [5.74, 6) is -5.37. The van der Waals surface area contributed by atoms with Gasteiger partial charge in [-0.05, 0) is 12.8 Å². The number of piperidine rings is 1. The number of nitrogens with one attached hydrogen (secondary N) is 1. The van der Waals surface area contributed by atoms with E-state index in [2.05, 4.69) is 0 Å². The Morgan fingerprint density at radius 3 is 2.38 bits per heavy atom. The topological polar surface area (TPSA) is 78.9 Å². The predicted molar refractivity (Wildman–Crippen MR) is 62.5 cm³/mol. The molecule has 1 aliphatic heterocycles. The minimum atomic E-state index is -4.27. The zero-order valence-corrected chi connectivity index (χ0v) is 11.0. The Kier molecular flexibility index (Phi) is 6.19. The van der Waals surface area contributed by atoms with Gasteiger partial charge in [-0.1, -0.05) is 0 Å². The van der Waals surface area contributed by atoms with E-state index < -0.39 is 37.5 Å². The number of hydrogen-bond acceptors (Lipinski definition) is 3. The van der Waals surface area contributed by atoms with Gasteiger partial charge in [-0.2, -0.15) is 8.78 Å². The molecule has 0 bridgehead atoms. The second-order valence-corrected chi connectivity index (χ2v) is 4.61. The van der Waals surface area contributed by atoms with Gasteiger partial charge >= 0.3 is 24.3 Å². The summed E-state index contributed by atoms with van der Waals surface area (Å²) < 4.78 is 54.2. The molecule has 0 radical (unpaired) electrons. The maximum Gasteiger partial charge on any atom is 0.329 e. The molecule has 1 heterocycles. The van der Waals surface area contributed by atoms with Gasteiger partial charge in [-0.25, -0.2) is 18.4 Å². The lowest BCUT2D eigenvalue weighted by Gasteiger charge is -2.32. The molecule has 122 valence electrons. The van der Waals surface area contributed by atoms with Crippen molar-refractivity contribution in [2.45, 2.75) is 31.3 Å². The molecule has 0 saturated carbocycles. The number of alkyl halides is 4. The number of amides is 2. The number of aliphatic carboxylic acids is 1. The Hall–Kier alpha value is -1.58. The number of carboxylic acids is 1. The summed E-state index contributed by atoms with van der Waals surface area (Å²) in [6.07, 6.45) is -3.46. The summed E-state index contributed by atoms with van der Waals surface area (Å²) in [7, 11) is 0. The fourth-order valence-electron chi connectivity index (χ4n) is 1.80. The van der Waals surface area contributed by atoms with Crippen LogP contribution in [0.1, 0.15) is 12.8 Å². The SMILES string of the molecule is O=C(O)COC1CCN(C(=O)NCC(F)(F)C(F)F)CC1. The van der Waals surface area contributed by atoms with E-state index in [9.17, 15) is 27.2 Å². The third kappa shape index (κ3) is 5.74. The molecule has 1 saturated heterocycles. The van der Waals surface area contributed by atoms with E-state index in [1.807, 2.05) is 0 Å². The summed E-state index contributed by atoms with van der Waals surface area (Å²) in [6.45, 7) is -1.52. The number of urea groups is 1. The van der Waals surface area contributed by atoms with Gasteiger partial charge in [0.15, 0.2) is 0 Å². The number of likely N-dealkylation sites (tertiary alicyclic amines) is 1. The molecular weight excluding hydrogens is 300 g/mol. The smallest absolute Gasteiger partial charge is 0.329 e. The fourth-order valence-corrected chi connectivity index (χ4v) is 1.80. The highest BCUT2D eigenvalue weighted by atomic mass is 19.3. The van der Waals surface area contributed by atoms with Crippen LogP contribution in [0.5, 0.6) is 0 Å². The molecule has 1 rings (SSSR count). The van der Waals surface area contributed by atoms with Crippen LogP contribution in [0.4, 0.5) is 22.4 Å². The standard InChI is InChI=1S/C11H16F4N2O4/c12-9(13)11(14,15)6-16-10(20)17-3-1-7(2-4-17)21-5-8(18)19/h7,9H,1-6H2,(H,16,20)(H,18,19). The van der Waals surface area contributed by atoms with Crippen LogP contribution in [0.15, 0.2) is 0 Å². The molecule has 10 heteroatoms. The van der Waals surface area contributed by atoms with Gasteiger partial charge in [-0.15, -0.1) is 0 Å². The zero-order chi connectivity index (χ0) is 16.0. The molecule has 2 N–H and O–H groups in total. The summed E-state index contributed by atoms with van der Waals surface area (Å²) in [4.78, 5) is 23.1. The van der Waals surface area contributed by atoms with Gasteiger partial charge in [0.1, 0.15) is 6.61 Å². The first kappa shape index (κ1) is 17.5. The fraction of sp³-hybridized carbons (Fsp3) is 0.818. The summed E-state index contributed by atoms with van der Waals surface area (Å²) in [5.41, 5.74) is 0. The Morgan fingerprint density at radius 2 is 1.90 bits per heavy atom. The van der Waals surface area contributed by atoms with Gasteiger partial charge in [0.2, 0.25) is 0 Å². The van der Waals surface area contributed by atoms with Crippen LogP contribution in [0, 0.1) is 0 Å². The van der Waals surface area contributed by atoms with Gasteiger partial charge in [0, 0.05) is 13.1 Å². The van der Waals surface area contributed by atoms with Crippen LogP contribution < -0.4 is 5.32 Å². The first-order valence-corrected chi connectivity index (χ1v) is 6.24. The van der Waals surface area contributed by atoms with E-state index >= 15 is 0 Å². The van der Waals surface area contributed by atoms with Gasteiger partial charge < -0.3 is 20.1 Å². The number of nitrogens with zero attached hydrogens (tertiary/aromatic N) is 1. The molecule has 0 aliphatic carbocycles. The van der Waals surface area contributed by atoms with Crippen molar-refractivity contribution in [1.29, 1.82) is 0 Å². The molecule has 0 spiro atoms. The highest BCUT2D eigenvalue weighted by Gasteiger charge is 2.41. The Balaban J connectivity index is 2.30. The lowest BCUT2D eigenvalue weighted by atomic mass is 10.1. The van der Waals surface area contributed by atoms with Crippen LogP contribution >= 0.6 is 0 Å². The molecule has 1 fully saturated rings. The van der Waals surface area contributed by atoms with E-state index in [-0.39, 0.29) is 19.2 Å². The third-order valence-corrected chi connectivity index (χ3v) is 2.97. The molecule has 0 atom stereocenters. The number of hydrogen-bond donors (Lipinski definition) is 2. The van der Waals surface area contributed by atoms with Crippen LogP contribution in [0.25, 0.3) is 0 Å². The van der Waals surface area contributed by atoms with Crippen molar-refractivity contribution in [3.05, 3.63) is 0 Å². The minimum absolute atomic E-state index is 0.177. The van der Waals surface area contributed by atoms with Crippen LogP contribution in [0.2, 0.25) is 0 Å². The van der Waals surface area contributed by atoms with E-state index in [1.165, 1.54) is 4.90 Å². The lowest BCUT2D eigenvalue weighted by molar-refractivity contribution is -0.145. The van der Waals surface area contributed by atoms with Gasteiger partial charge in [0.05, 0.1) is 12.6 Å². The minimum Gasteiger partial charge on any atom is -0.480 e. The second kappa shape index (κ2) is 7.43. The quantitative estimate of drug-likeness (QED) is 0.721. The van der Waals surface area contributed by atoms with Crippen molar-refractivity contribution < 1.29 is 37.0 Å². The number of carbonyl (C=O) groups is 2. The Morgan fingerprint density at radius 1 is 1.33 bits per heavy atom. The predicted octanol–water partition coefficient (Wildman–Crippen LogP) is 1.16. The van der Waals surface area contributed by atoms with Gasteiger partial charge in [-0.3, -0.25) is 0 Å². The van der Waals surface area contributed by atoms with E-state index in [4.69, 9.17) is 9.84 Å². The largest absolute Gasteiger partial charge is 0.480 e. The van der Waals surface area contributed by atoms with E-state index in [0.29, 0.717) is 12.8 Å². The molecule has 0 aromatic rings. The van der Waals surface area contributed by atoms with Crippen LogP contribution in [-0.2, 0) is 9.53 Å². The number of carboxylic acid groups (broad SMARTS) is 1. The third-order valence-electron chi connectivity index (χ3n) is 2.97. The van der Waals surface area contributed by atoms with E-state index in [0.717, 1.165) is 0 Å². The number of halogens is 4. The zero-order valence-electron chi connectivity index (χ0n) is 11.0. The number of rotatable bonds is 6. The summed E-state index contributed by atoms with van der Waals surface area (Å²) >= 11 is 0. The van der Waals surface area contributed by atoms with Crippen molar-refractivity contribution in [1.82, 2.24) is 10.2 Å². The van der Waals surface area contributed by atoms with Crippen molar-refractivity contribution >= 4 is 12.0 Å². The van der Waals surface area contributed by atoms with Crippen LogP contribution in [0.3, 0.4) is 0 Å². The summed E-state index contributed by atoms with van der Waals surface area (Å²) in [6, 6.07) is -0.855. The second-order valence-electron chi connectivity index (χ2n) is 4.61. The monoisotopic (exact) mass is 316 g/mol. The molecule has 21 heavy (non-hydrogen) atoms. The first-order chi connectivity index (χ1) is 9.72. The van der Waals surface area contributed by atoms with Crippen molar-refractivity contribution in [3.63, 3.8) is 0 Å². The molecule has 6 nitrogen and oxygen atoms in total. The van der Waals surface area contributed by atoms with Crippen molar-refractivity contribution in [3.8, 4) is 0 Å². The Bertz CT molecular complexity index is 373. The molecule has 1 aliphatic rings. The highest BCUT2D eigenvalue weighted by molar-refractivity contribution is 5.74. The van der Waals surface area contributed by atoms with Crippen LogP contribution in [-0.4, -0.2) is 66.7 Å². The average Bonchev–Trinajstić information content (AvgIpc) is 2.43. The normalized spacial score (nSPS) is 17.1. The molecular formula is C11H16F4N2O4. The maximum atomic E-state index is 12.7. The average molecular weight is 316 g/mol. The van der Waals surface area contributed by atoms with Gasteiger partial charge in [0.25, 0.3) is 0 Å². The maximum absolute atomic E-state index is 12.7. The van der Waals surface area contributed by atoms with E-state index in [1.54, 1.807) is 5.32 Å². The number of carbonyl (C=O) groups excluding carboxylic acids is 1. The van der Waals surface area contributed by atoms with Crippen molar-refractivity contribution in [2.75, 3.05) is 26.2 Å². The van der Waals surface area contributed by atoms with Crippen molar-refractivity contribution in [2.24, 2.45) is 0 Å². The Labute approximate surface area is 118 Å². The first-order valence-electron chi connectivity index (χ1n) is 6.24. The lowest BCUT2D eigenvalue weighted by Crippen LogP contribution is -2.50. The molecule has 0 unspecified atom stereocenters. The number of ether oxygens (including phenoxy) is 1. The highest BCUT2D eigenvalue weighted by Crippen LogP contribution is 2.21.